The standard InChI is InChI=1S/C13H14FNS/c1-9-5-6-11(14)12(8-9)15-10(2)13-4-3-7-16-13/h3-8,10,15H,1-2H3. The van der Waals surface area contributed by atoms with E-state index in [4.69, 9.17) is 0 Å². The van der Waals surface area contributed by atoms with Crippen LogP contribution in [0, 0.1) is 12.7 Å². The summed E-state index contributed by atoms with van der Waals surface area (Å²) in [5.74, 6) is -0.200. The Labute approximate surface area is 98.9 Å². The molecule has 1 aromatic heterocycles. The second-order valence-electron chi connectivity index (χ2n) is 3.86. The van der Waals surface area contributed by atoms with E-state index >= 15 is 0 Å². The number of nitrogens with one attached hydrogen (secondary N) is 1. The summed E-state index contributed by atoms with van der Waals surface area (Å²) in [7, 11) is 0. The third kappa shape index (κ3) is 2.42. The van der Waals surface area contributed by atoms with Gasteiger partial charge < -0.3 is 5.32 Å². The second kappa shape index (κ2) is 4.66. The molecule has 0 saturated heterocycles. The molecule has 16 heavy (non-hydrogen) atoms. The van der Waals surface area contributed by atoms with Crippen molar-refractivity contribution in [2.75, 3.05) is 5.32 Å². The van der Waals surface area contributed by atoms with Crippen molar-refractivity contribution in [3.05, 3.63) is 52.0 Å². The molecule has 1 N–H and O–H groups in total. The van der Waals surface area contributed by atoms with E-state index in [0.717, 1.165) is 5.56 Å². The van der Waals surface area contributed by atoms with Crippen LogP contribution in [-0.4, -0.2) is 0 Å². The first-order valence-electron chi connectivity index (χ1n) is 5.23. The minimum atomic E-state index is -0.200. The van der Waals surface area contributed by atoms with Crippen molar-refractivity contribution < 1.29 is 4.39 Å². The van der Waals surface area contributed by atoms with Gasteiger partial charge in [0.1, 0.15) is 5.82 Å². The highest BCUT2D eigenvalue weighted by Gasteiger charge is 2.09. The van der Waals surface area contributed by atoms with Crippen LogP contribution in [0.15, 0.2) is 35.7 Å². The lowest BCUT2D eigenvalue weighted by Crippen LogP contribution is -2.06. The van der Waals surface area contributed by atoms with Gasteiger partial charge in [0.05, 0.1) is 11.7 Å². The molecule has 84 valence electrons. The van der Waals surface area contributed by atoms with E-state index in [-0.39, 0.29) is 11.9 Å². The average Bonchev–Trinajstić information content (AvgIpc) is 2.76. The molecule has 0 spiro atoms. The lowest BCUT2D eigenvalue weighted by molar-refractivity contribution is 0.627. The Balaban J connectivity index is 2.17. The van der Waals surface area contributed by atoms with Crippen LogP contribution in [0.25, 0.3) is 0 Å². The topological polar surface area (TPSA) is 12.0 Å². The van der Waals surface area contributed by atoms with Crippen LogP contribution < -0.4 is 5.32 Å². The van der Waals surface area contributed by atoms with Crippen molar-refractivity contribution in [3.63, 3.8) is 0 Å². The van der Waals surface area contributed by atoms with Gasteiger partial charge in [0.25, 0.3) is 0 Å². The SMILES string of the molecule is Cc1ccc(F)c(NC(C)c2cccs2)c1. The number of halogens is 1. The van der Waals surface area contributed by atoms with E-state index in [1.54, 1.807) is 17.4 Å². The largest absolute Gasteiger partial charge is 0.375 e. The number of benzene rings is 1. The summed E-state index contributed by atoms with van der Waals surface area (Å²) in [5, 5.41) is 5.22. The Morgan fingerprint density at radius 3 is 2.81 bits per heavy atom. The lowest BCUT2D eigenvalue weighted by Gasteiger charge is -2.14. The summed E-state index contributed by atoms with van der Waals surface area (Å²) in [4.78, 5) is 1.21. The molecule has 1 heterocycles. The van der Waals surface area contributed by atoms with Crippen LogP contribution >= 0.6 is 11.3 Å². The maximum Gasteiger partial charge on any atom is 0.146 e. The smallest absolute Gasteiger partial charge is 0.146 e. The van der Waals surface area contributed by atoms with Gasteiger partial charge in [-0.15, -0.1) is 11.3 Å². The number of rotatable bonds is 3. The molecule has 0 aliphatic heterocycles. The summed E-state index contributed by atoms with van der Waals surface area (Å²) in [6, 6.07) is 9.30. The third-order valence-corrected chi connectivity index (χ3v) is 3.52. The number of thiophene rings is 1. The van der Waals surface area contributed by atoms with E-state index in [2.05, 4.69) is 11.4 Å². The summed E-state index contributed by atoms with van der Waals surface area (Å²) in [6.45, 7) is 3.99. The minimum absolute atomic E-state index is 0.135. The number of aryl methyl sites for hydroxylation is 1. The van der Waals surface area contributed by atoms with Gasteiger partial charge in [0.2, 0.25) is 0 Å². The van der Waals surface area contributed by atoms with E-state index in [0.29, 0.717) is 5.69 Å². The Hall–Kier alpha value is -1.35. The molecule has 1 aromatic carbocycles. The maximum absolute atomic E-state index is 13.5. The van der Waals surface area contributed by atoms with Gasteiger partial charge in [-0.3, -0.25) is 0 Å². The maximum atomic E-state index is 13.5. The average molecular weight is 235 g/mol. The molecule has 0 amide bonds. The van der Waals surface area contributed by atoms with E-state index in [9.17, 15) is 4.39 Å². The highest BCUT2D eigenvalue weighted by molar-refractivity contribution is 7.10. The highest BCUT2D eigenvalue weighted by Crippen LogP contribution is 2.25. The van der Waals surface area contributed by atoms with Crippen molar-refractivity contribution in [2.24, 2.45) is 0 Å². The van der Waals surface area contributed by atoms with Crippen molar-refractivity contribution in [2.45, 2.75) is 19.9 Å². The van der Waals surface area contributed by atoms with Crippen LogP contribution in [0.3, 0.4) is 0 Å². The van der Waals surface area contributed by atoms with Gasteiger partial charge in [0.15, 0.2) is 0 Å². The summed E-state index contributed by atoms with van der Waals surface area (Å²) < 4.78 is 13.5. The zero-order chi connectivity index (χ0) is 11.5. The monoisotopic (exact) mass is 235 g/mol. The molecule has 1 unspecified atom stereocenters. The Bertz CT molecular complexity index is 465. The molecule has 1 nitrogen and oxygen atoms in total. The molecule has 0 fully saturated rings. The number of anilines is 1. The van der Waals surface area contributed by atoms with Gasteiger partial charge in [0, 0.05) is 4.88 Å². The number of hydrogen-bond donors (Lipinski definition) is 1. The minimum Gasteiger partial charge on any atom is -0.375 e. The van der Waals surface area contributed by atoms with Crippen molar-refractivity contribution in [1.82, 2.24) is 0 Å². The summed E-state index contributed by atoms with van der Waals surface area (Å²) in [6.07, 6.45) is 0. The predicted molar refractivity (Wildman–Crippen MR) is 67.5 cm³/mol. The van der Waals surface area contributed by atoms with Crippen molar-refractivity contribution >= 4 is 17.0 Å². The highest BCUT2D eigenvalue weighted by atomic mass is 32.1. The normalized spacial score (nSPS) is 12.4. The molecular weight excluding hydrogens is 221 g/mol. The first-order valence-corrected chi connectivity index (χ1v) is 6.11. The quantitative estimate of drug-likeness (QED) is 0.833. The lowest BCUT2D eigenvalue weighted by atomic mass is 10.2. The van der Waals surface area contributed by atoms with E-state index < -0.39 is 0 Å². The molecule has 0 bridgehead atoms. The summed E-state index contributed by atoms with van der Waals surface area (Å²) >= 11 is 1.68. The molecule has 3 heteroatoms. The Morgan fingerprint density at radius 2 is 2.12 bits per heavy atom. The van der Waals surface area contributed by atoms with Gasteiger partial charge in [-0.05, 0) is 43.0 Å². The van der Waals surface area contributed by atoms with Crippen LogP contribution in [0.2, 0.25) is 0 Å². The molecule has 1 atom stereocenters. The molecule has 2 rings (SSSR count). The Morgan fingerprint density at radius 1 is 1.31 bits per heavy atom. The van der Waals surface area contributed by atoms with Gasteiger partial charge in [-0.25, -0.2) is 4.39 Å². The predicted octanol–water partition coefficient (Wildman–Crippen LogP) is 4.37. The fraction of sp³-hybridized carbons (Fsp3) is 0.231. The zero-order valence-electron chi connectivity index (χ0n) is 9.33. The fourth-order valence-electron chi connectivity index (χ4n) is 1.59. The molecule has 0 saturated carbocycles. The van der Waals surface area contributed by atoms with Gasteiger partial charge in [-0.1, -0.05) is 12.1 Å². The van der Waals surface area contributed by atoms with Gasteiger partial charge >= 0.3 is 0 Å². The van der Waals surface area contributed by atoms with E-state index in [1.807, 2.05) is 31.4 Å². The van der Waals surface area contributed by atoms with Crippen LogP contribution in [-0.2, 0) is 0 Å². The zero-order valence-corrected chi connectivity index (χ0v) is 10.1. The summed E-state index contributed by atoms with van der Waals surface area (Å²) in [5.41, 5.74) is 1.63. The van der Waals surface area contributed by atoms with Crippen molar-refractivity contribution in [1.29, 1.82) is 0 Å². The van der Waals surface area contributed by atoms with Crippen LogP contribution in [0.1, 0.15) is 23.4 Å². The molecule has 0 aliphatic rings. The first kappa shape index (κ1) is 11.1. The number of hydrogen-bond acceptors (Lipinski definition) is 2. The van der Waals surface area contributed by atoms with Crippen LogP contribution in [0.5, 0.6) is 0 Å². The molecule has 0 radical (unpaired) electrons. The fourth-order valence-corrected chi connectivity index (χ4v) is 2.33. The van der Waals surface area contributed by atoms with E-state index in [1.165, 1.54) is 10.9 Å². The molecule has 0 aliphatic carbocycles. The Kier molecular flexibility index (Phi) is 3.25. The van der Waals surface area contributed by atoms with Crippen molar-refractivity contribution in [3.8, 4) is 0 Å². The second-order valence-corrected chi connectivity index (χ2v) is 4.84. The molecular formula is C13H14FNS. The van der Waals surface area contributed by atoms with Gasteiger partial charge in [-0.2, -0.15) is 0 Å². The third-order valence-electron chi connectivity index (χ3n) is 2.46. The first-order chi connectivity index (χ1) is 7.66. The van der Waals surface area contributed by atoms with Crippen LogP contribution in [0.4, 0.5) is 10.1 Å². The molecule has 2 aromatic rings.